The van der Waals surface area contributed by atoms with Crippen molar-refractivity contribution in [2.75, 3.05) is 6.54 Å². The van der Waals surface area contributed by atoms with E-state index < -0.39 is 0 Å². The summed E-state index contributed by atoms with van der Waals surface area (Å²) in [5.41, 5.74) is 2.14. The zero-order valence-electron chi connectivity index (χ0n) is 10.7. The Bertz CT molecular complexity index is 499. The minimum absolute atomic E-state index is 0.0409. The standard InChI is InChI=1S/C15H17N3O/c19-15(10-14-6-2-8-17-12-14)18-9-3-5-13-4-1-7-16-11-13/h1-2,4,6-8,11-12H,3,5,9-10H2,(H,18,19). The SMILES string of the molecule is O=C(Cc1cccnc1)NCCCc1cccnc1. The second-order valence-electron chi connectivity index (χ2n) is 4.35. The first-order chi connectivity index (χ1) is 9.34. The number of pyridine rings is 2. The van der Waals surface area contributed by atoms with E-state index in [1.807, 2.05) is 30.5 Å². The fourth-order valence-electron chi connectivity index (χ4n) is 1.82. The molecule has 0 saturated carbocycles. The first-order valence-corrected chi connectivity index (χ1v) is 6.39. The highest BCUT2D eigenvalue weighted by Crippen LogP contribution is 2.00. The summed E-state index contributed by atoms with van der Waals surface area (Å²) in [6, 6.07) is 7.72. The zero-order chi connectivity index (χ0) is 13.3. The number of amides is 1. The second kappa shape index (κ2) is 7.26. The third-order valence-electron chi connectivity index (χ3n) is 2.77. The molecule has 0 bridgehead atoms. The van der Waals surface area contributed by atoms with Gasteiger partial charge in [-0.1, -0.05) is 12.1 Å². The van der Waals surface area contributed by atoms with Crippen LogP contribution < -0.4 is 5.32 Å². The molecule has 1 amide bonds. The maximum atomic E-state index is 11.7. The van der Waals surface area contributed by atoms with Gasteiger partial charge in [-0.3, -0.25) is 14.8 Å². The predicted octanol–water partition coefficient (Wildman–Crippen LogP) is 1.77. The average molecular weight is 255 g/mol. The molecule has 2 rings (SSSR count). The normalized spacial score (nSPS) is 10.1. The third kappa shape index (κ3) is 4.87. The van der Waals surface area contributed by atoms with Crippen LogP contribution in [-0.2, 0) is 17.6 Å². The van der Waals surface area contributed by atoms with E-state index in [0.717, 1.165) is 18.4 Å². The Morgan fingerprint density at radius 3 is 2.37 bits per heavy atom. The number of nitrogens with zero attached hydrogens (tertiary/aromatic N) is 2. The first kappa shape index (κ1) is 13.2. The van der Waals surface area contributed by atoms with E-state index in [2.05, 4.69) is 15.3 Å². The molecular weight excluding hydrogens is 238 g/mol. The smallest absolute Gasteiger partial charge is 0.224 e. The van der Waals surface area contributed by atoms with Gasteiger partial charge in [0.25, 0.3) is 0 Å². The van der Waals surface area contributed by atoms with Crippen LogP contribution in [0.1, 0.15) is 17.5 Å². The van der Waals surface area contributed by atoms with Gasteiger partial charge >= 0.3 is 0 Å². The molecule has 2 aromatic heterocycles. The minimum atomic E-state index is 0.0409. The van der Waals surface area contributed by atoms with E-state index in [-0.39, 0.29) is 5.91 Å². The van der Waals surface area contributed by atoms with Crippen molar-refractivity contribution in [2.24, 2.45) is 0 Å². The van der Waals surface area contributed by atoms with Crippen LogP contribution in [0.2, 0.25) is 0 Å². The van der Waals surface area contributed by atoms with Crippen LogP contribution in [0.4, 0.5) is 0 Å². The number of hydrogen-bond donors (Lipinski definition) is 1. The Labute approximate surface area is 112 Å². The summed E-state index contributed by atoms with van der Waals surface area (Å²) < 4.78 is 0. The zero-order valence-corrected chi connectivity index (χ0v) is 10.7. The third-order valence-corrected chi connectivity index (χ3v) is 2.77. The predicted molar refractivity (Wildman–Crippen MR) is 73.5 cm³/mol. The number of aryl methyl sites for hydroxylation is 1. The molecule has 0 aliphatic carbocycles. The van der Waals surface area contributed by atoms with Gasteiger partial charge in [-0.2, -0.15) is 0 Å². The first-order valence-electron chi connectivity index (χ1n) is 6.39. The molecule has 0 saturated heterocycles. The molecule has 4 nitrogen and oxygen atoms in total. The average Bonchev–Trinajstić information content (AvgIpc) is 2.46. The number of nitrogens with one attached hydrogen (secondary N) is 1. The van der Waals surface area contributed by atoms with Gasteiger partial charge in [0.2, 0.25) is 5.91 Å². The summed E-state index contributed by atoms with van der Waals surface area (Å²) in [5.74, 6) is 0.0409. The Hall–Kier alpha value is -2.23. The summed E-state index contributed by atoms with van der Waals surface area (Å²) in [7, 11) is 0. The van der Waals surface area contributed by atoms with E-state index in [1.54, 1.807) is 18.6 Å². The molecule has 0 aromatic carbocycles. The number of carbonyl (C=O) groups excluding carboxylic acids is 1. The highest BCUT2D eigenvalue weighted by Gasteiger charge is 2.02. The molecule has 98 valence electrons. The van der Waals surface area contributed by atoms with Crippen molar-refractivity contribution in [2.45, 2.75) is 19.3 Å². The molecule has 0 aliphatic heterocycles. The van der Waals surface area contributed by atoms with Crippen LogP contribution in [-0.4, -0.2) is 22.4 Å². The fraction of sp³-hybridized carbons (Fsp3) is 0.267. The molecule has 2 aromatic rings. The van der Waals surface area contributed by atoms with E-state index in [0.29, 0.717) is 13.0 Å². The molecule has 0 fully saturated rings. The molecule has 1 N–H and O–H groups in total. The highest BCUT2D eigenvalue weighted by molar-refractivity contribution is 5.78. The Morgan fingerprint density at radius 2 is 1.74 bits per heavy atom. The second-order valence-corrected chi connectivity index (χ2v) is 4.35. The summed E-state index contributed by atoms with van der Waals surface area (Å²) in [5, 5.41) is 2.91. The molecule has 0 spiro atoms. The van der Waals surface area contributed by atoms with E-state index in [4.69, 9.17) is 0 Å². The molecule has 4 heteroatoms. The largest absolute Gasteiger partial charge is 0.356 e. The topological polar surface area (TPSA) is 54.9 Å². The summed E-state index contributed by atoms with van der Waals surface area (Å²) in [6.45, 7) is 0.688. The van der Waals surface area contributed by atoms with Crippen molar-refractivity contribution in [3.8, 4) is 0 Å². The monoisotopic (exact) mass is 255 g/mol. The maximum absolute atomic E-state index is 11.7. The van der Waals surface area contributed by atoms with Crippen LogP contribution in [0, 0.1) is 0 Å². The summed E-state index contributed by atoms with van der Waals surface area (Å²) in [6.07, 6.45) is 9.29. The van der Waals surface area contributed by atoms with Crippen LogP contribution >= 0.6 is 0 Å². The van der Waals surface area contributed by atoms with E-state index in [9.17, 15) is 4.79 Å². The van der Waals surface area contributed by atoms with E-state index >= 15 is 0 Å². The number of aromatic nitrogens is 2. The molecule has 0 atom stereocenters. The van der Waals surface area contributed by atoms with Crippen molar-refractivity contribution in [1.82, 2.24) is 15.3 Å². The Kier molecular flexibility index (Phi) is 5.05. The number of carbonyl (C=O) groups is 1. The number of hydrogen-bond acceptors (Lipinski definition) is 3. The van der Waals surface area contributed by atoms with E-state index in [1.165, 1.54) is 5.56 Å². The van der Waals surface area contributed by atoms with Gasteiger partial charge in [0, 0.05) is 31.3 Å². The summed E-state index contributed by atoms with van der Waals surface area (Å²) in [4.78, 5) is 19.7. The molecule has 0 unspecified atom stereocenters. The van der Waals surface area contributed by atoms with Crippen LogP contribution in [0.3, 0.4) is 0 Å². The lowest BCUT2D eigenvalue weighted by atomic mass is 10.1. The van der Waals surface area contributed by atoms with Crippen molar-refractivity contribution in [1.29, 1.82) is 0 Å². The molecule has 19 heavy (non-hydrogen) atoms. The molecular formula is C15H17N3O. The van der Waals surface area contributed by atoms with Gasteiger partial charge in [-0.25, -0.2) is 0 Å². The van der Waals surface area contributed by atoms with Gasteiger partial charge < -0.3 is 5.32 Å². The van der Waals surface area contributed by atoms with Crippen LogP contribution in [0.5, 0.6) is 0 Å². The lowest BCUT2D eigenvalue weighted by molar-refractivity contribution is -0.120. The van der Waals surface area contributed by atoms with Gasteiger partial charge in [0.15, 0.2) is 0 Å². The molecule has 0 aliphatic rings. The quantitative estimate of drug-likeness (QED) is 0.800. The minimum Gasteiger partial charge on any atom is -0.356 e. The maximum Gasteiger partial charge on any atom is 0.224 e. The fourth-order valence-corrected chi connectivity index (χ4v) is 1.82. The lowest BCUT2D eigenvalue weighted by Crippen LogP contribution is -2.26. The van der Waals surface area contributed by atoms with Gasteiger partial charge in [0.05, 0.1) is 6.42 Å². The van der Waals surface area contributed by atoms with Gasteiger partial charge in [0.1, 0.15) is 0 Å². The van der Waals surface area contributed by atoms with Crippen LogP contribution in [0.15, 0.2) is 49.1 Å². The van der Waals surface area contributed by atoms with Crippen molar-refractivity contribution in [3.63, 3.8) is 0 Å². The lowest BCUT2D eigenvalue weighted by Gasteiger charge is -2.05. The number of rotatable bonds is 6. The van der Waals surface area contributed by atoms with Crippen molar-refractivity contribution in [3.05, 3.63) is 60.2 Å². The van der Waals surface area contributed by atoms with Crippen molar-refractivity contribution >= 4 is 5.91 Å². The Morgan fingerprint density at radius 1 is 1.05 bits per heavy atom. The molecule has 0 radical (unpaired) electrons. The highest BCUT2D eigenvalue weighted by atomic mass is 16.1. The van der Waals surface area contributed by atoms with Gasteiger partial charge in [-0.05, 0) is 36.1 Å². The summed E-state index contributed by atoms with van der Waals surface area (Å²) >= 11 is 0. The molecule has 2 heterocycles. The van der Waals surface area contributed by atoms with Gasteiger partial charge in [-0.15, -0.1) is 0 Å². The van der Waals surface area contributed by atoms with Crippen molar-refractivity contribution < 1.29 is 4.79 Å². The Balaban J connectivity index is 1.65. The van der Waals surface area contributed by atoms with Crippen LogP contribution in [0.25, 0.3) is 0 Å².